The lowest BCUT2D eigenvalue weighted by molar-refractivity contribution is -0.122. The lowest BCUT2D eigenvalue weighted by Gasteiger charge is -2.40. The SMILES string of the molecule is O=C1CCN2C(=O)c3ccccc3NC2C1. The molecule has 82 valence electrons. The molecule has 4 heteroatoms. The van der Waals surface area contributed by atoms with Crippen molar-refractivity contribution in [1.82, 2.24) is 4.90 Å². The summed E-state index contributed by atoms with van der Waals surface area (Å²) in [7, 11) is 0. The third-order valence-electron chi connectivity index (χ3n) is 3.17. The molecule has 0 aliphatic carbocycles. The van der Waals surface area contributed by atoms with E-state index in [0.717, 1.165) is 5.69 Å². The topological polar surface area (TPSA) is 49.4 Å². The van der Waals surface area contributed by atoms with Gasteiger partial charge in [0.05, 0.1) is 5.56 Å². The Bertz CT molecular complexity index is 470. The van der Waals surface area contributed by atoms with Crippen LogP contribution in [-0.4, -0.2) is 29.3 Å². The molecular weight excluding hydrogens is 204 g/mol. The van der Waals surface area contributed by atoms with Crippen LogP contribution in [0.5, 0.6) is 0 Å². The molecular formula is C12H12N2O2. The zero-order valence-electron chi connectivity index (χ0n) is 8.77. The Hall–Kier alpha value is -1.84. The molecule has 0 bridgehead atoms. The third-order valence-corrected chi connectivity index (χ3v) is 3.17. The molecule has 0 spiro atoms. The summed E-state index contributed by atoms with van der Waals surface area (Å²) in [5.41, 5.74) is 1.54. The van der Waals surface area contributed by atoms with Crippen molar-refractivity contribution in [2.24, 2.45) is 0 Å². The predicted octanol–water partition coefficient (Wildman–Crippen LogP) is 1.24. The summed E-state index contributed by atoms with van der Waals surface area (Å²) in [6.45, 7) is 0.531. The number of hydrogen-bond acceptors (Lipinski definition) is 3. The Balaban J connectivity index is 2.00. The Morgan fingerprint density at radius 2 is 2.06 bits per heavy atom. The smallest absolute Gasteiger partial charge is 0.257 e. The maximum absolute atomic E-state index is 12.1. The van der Waals surface area contributed by atoms with Gasteiger partial charge in [0.25, 0.3) is 5.91 Å². The molecule has 2 heterocycles. The summed E-state index contributed by atoms with van der Waals surface area (Å²) in [5.74, 6) is 0.257. The van der Waals surface area contributed by atoms with Crippen LogP contribution in [0, 0.1) is 0 Å². The second-order valence-electron chi connectivity index (χ2n) is 4.20. The van der Waals surface area contributed by atoms with Crippen molar-refractivity contribution in [2.45, 2.75) is 19.0 Å². The number of nitrogens with one attached hydrogen (secondary N) is 1. The van der Waals surface area contributed by atoms with Gasteiger partial charge in [-0.3, -0.25) is 9.59 Å². The van der Waals surface area contributed by atoms with Crippen molar-refractivity contribution < 1.29 is 9.59 Å². The standard InChI is InChI=1S/C12H12N2O2/c15-8-5-6-14-11(7-8)13-10-4-2-1-3-9(10)12(14)16/h1-4,11,13H,5-7H2. The van der Waals surface area contributed by atoms with Crippen LogP contribution in [0.2, 0.25) is 0 Å². The van der Waals surface area contributed by atoms with E-state index in [1.54, 1.807) is 4.90 Å². The van der Waals surface area contributed by atoms with Crippen LogP contribution in [0.15, 0.2) is 24.3 Å². The number of amides is 1. The highest BCUT2D eigenvalue weighted by Crippen LogP contribution is 2.28. The fourth-order valence-electron chi connectivity index (χ4n) is 2.33. The molecule has 2 aliphatic heterocycles. The first-order valence-electron chi connectivity index (χ1n) is 5.44. The number of fused-ring (bicyclic) bond motifs is 2. The number of Topliss-reactive ketones (excluding diaryl/α,β-unsaturated/α-hetero) is 1. The largest absolute Gasteiger partial charge is 0.364 e. The summed E-state index contributed by atoms with van der Waals surface area (Å²) in [6.07, 6.45) is 0.746. The van der Waals surface area contributed by atoms with Crippen molar-refractivity contribution in [3.63, 3.8) is 0 Å². The highest BCUT2D eigenvalue weighted by Gasteiger charge is 2.35. The molecule has 16 heavy (non-hydrogen) atoms. The van der Waals surface area contributed by atoms with E-state index in [0.29, 0.717) is 24.9 Å². The average Bonchev–Trinajstić information content (AvgIpc) is 2.29. The molecule has 1 amide bonds. The number of nitrogens with zero attached hydrogens (tertiary/aromatic N) is 1. The first-order valence-corrected chi connectivity index (χ1v) is 5.44. The third kappa shape index (κ3) is 1.30. The molecule has 1 fully saturated rings. The van der Waals surface area contributed by atoms with Crippen LogP contribution in [0.1, 0.15) is 23.2 Å². The molecule has 3 rings (SSSR count). The maximum Gasteiger partial charge on any atom is 0.257 e. The predicted molar refractivity (Wildman–Crippen MR) is 59.1 cm³/mol. The lowest BCUT2D eigenvalue weighted by atomic mass is 10.00. The average molecular weight is 216 g/mol. The maximum atomic E-state index is 12.1. The van der Waals surface area contributed by atoms with Gasteiger partial charge in [-0.1, -0.05) is 12.1 Å². The van der Waals surface area contributed by atoms with Crippen molar-refractivity contribution >= 4 is 17.4 Å². The van der Waals surface area contributed by atoms with Crippen LogP contribution in [0.25, 0.3) is 0 Å². The first-order chi connectivity index (χ1) is 7.75. The Morgan fingerprint density at radius 3 is 2.94 bits per heavy atom. The highest BCUT2D eigenvalue weighted by molar-refractivity contribution is 6.02. The number of rotatable bonds is 0. The van der Waals surface area contributed by atoms with Crippen LogP contribution in [0.4, 0.5) is 5.69 Å². The summed E-state index contributed by atoms with van der Waals surface area (Å²) in [5, 5.41) is 3.24. The van der Waals surface area contributed by atoms with Gasteiger partial charge in [0, 0.05) is 25.1 Å². The number of hydrogen-bond donors (Lipinski definition) is 1. The molecule has 4 nitrogen and oxygen atoms in total. The van der Waals surface area contributed by atoms with E-state index in [1.165, 1.54) is 0 Å². The molecule has 1 N–H and O–H groups in total. The molecule has 1 unspecified atom stereocenters. The van der Waals surface area contributed by atoms with E-state index in [2.05, 4.69) is 5.32 Å². The summed E-state index contributed by atoms with van der Waals surface area (Å²) in [4.78, 5) is 25.2. The van der Waals surface area contributed by atoms with Crippen LogP contribution < -0.4 is 5.32 Å². The fourth-order valence-corrected chi connectivity index (χ4v) is 2.33. The summed E-state index contributed by atoms with van der Waals surface area (Å²) in [6, 6.07) is 7.44. The molecule has 0 saturated carbocycles. The van der Waals surface area contributed by atoms with E-state index in [9.17, 15) is 9.59 Å². The zero-order chi connectivity index (χ0) is 11.1. The van der Waals surface area contributed by atoms with Gasteiger partial charge in [-0.05, 0) is 12.1 Å². The molecule has 2 aliphatic rings. The van der Waals surface area contributed by atoms with Crippen LogP contribution in [-0.2, 0) is 4.79 Å². The van der Waals surface area contributed by atoms with E-state index in [1.807, 2.05) is 24.3 Å². The van der Waals surface area contributed by atoms with Gasteiger partial charge in [0.1, 0.15) is 11.9 Å². The number of carbonyl (C=O) groups excluding carboxylic acids is 2. The second kappa shape index (κ2) is 3.33. The van der Waals surface area contributed by atoms with Crippen molar-refractivity contribution in [1.29, 1.82) is 0 Å². The van der Waals surface area contributed by atoms with Gasteiger partial charge in [0.2, 0.25) is 0 Å². The van der Waals surface area contributed by atoms with E-state index in [4.69, 9.17) is 0 Å². The molecule has 1 atom stereocenters. The van der Waals surface area contributed by atoms with E-state index < -0.39 is 0 Å². The van der Waals surface area contributed by atoms with Crippen LogP contribution in [0.3, 0.4) is 0 Å². The van der Waals surface area contributed by atoms with Crippen molar-refractivity contribution in [3.8, 4) is 0 Å². The number of piperidine rings is 1. The van der Waals surface area contributed by atoms with Gasteiger partial charge in [-0.25, -0.2) is 0 Å². The van der Waals surface area contributed by atoms with Gasteiger partial charge >= 0.3 is 0 Å². The minimum Gasteiger partial charge on any atom is -0.364 e. The van der Waals surface area contributed by atoms with Gasteiger partial charge < -0.3 is 10.2 Å². The zero-order valence-corrected chi connectivity index (χ0v) is 8.77. The number of para-hydroxylation sites is 1. The van der Waals surface area contributed by atoms with Gasteiger partial charge in [-0.2, -0.15) is 0 Å². The summed E-state index contributed by atoms with van der Waals surface area (Å²) < 4.78 is 0. The minimum absolute atomic E-state index is 0.0341. The monoisotopic (exact) mass is 216 g/mol. The lowest BCUT2D eigenvalue weighted by Crippen LogP contribution is -2.53. The van der Waals surface area contributed by atoms with Crippen LogP contribution >= 0.6 is 0 Å². The number of anilines is 1. The molecule has 0 radical (unpaired) electrons. The van der Waals surface area contributed by atoms with E-state index >= 15 is 0 Å². The van der Waals surface area contributed by atoms with Gasteiger partial charge in [0.15, 0.2) is 0 Å². The Morgan fingerprint density at radius 1 is 1.25 bits per heavy atom. The molecule has 0 aromatic heterocycles. The number of carbonyl (C=O) groups is 2. The Kier molecular flexibility index (Phi) is 1.96. The number of ketones is 1. The Labute approximate surface area is 93.2 Å². The van der Waals surface area contributed by atoms with Crippen molar-refractivity contribution in [3.05, 3.63) is 29.8 Å². The second-order valence-corrected chi connectivity index (χ2v) is 4.20. The van der Waals surface area contributed by atoms with Gasteiger partial charge in [-0.15, -0.1) is 0 Å². The number of benzene rings is 1. The minimum atomic E-state index is -0.149. The molecule has 1 saturated heterocycles. The first kappa shape index (κ1) is 9.39. The van der Waals surface area contributed by atoms with E-state index in [-0.39, 0.29) is 17.9 Å². The molecule has 1 aromatic rings. The normalized spacial score (nSPS) is 23.5. The molecule has 1 aromatic carbocycles. The summed E-state index contributed by atoms with van der Waals surface area (Å²) >= 11 is 0. The quantitative estimate of drug-likeness (QED) is 0.710. The fraction of sp³-hybridized carbons (Fsp3) is 0.333. The highest BCUT2D eigenvalue weighted by atomic mass is 16.2. The van der Waals surface area contributed by atoms with Crippen molar-refractivity contribution in [2.75, 3.05) is 11.9 Å².